The van der Waals surface area contributed by atoms with Gasteiger partial charge in [-0.15, -0.1) is 0 Å². The van der Waals surface area contributed by atoms with Gasteiger partial charge in [0.15, 0.2) is 6.17 Å². The fourth-order valence-corrected chi connectivity index (χ4v) is 1.77. The van der Waals surface area contributed by atoms with Crippen LogP contribution in [0.1, 0.15) is 6.42 Å². The third-order valence-corrected chi connectivity index (χ3v) is 2.48. The van der Waals surface area contributed by atoms with Crippen LogP contribution in [-0.2, 0) is 14.2 Å². The van der Waals surface area contributed by atoms with Gasteiger partial charge >= 0.3 is 19.5 Å². The largest absolute Gasteiger partial charge is 0.481 e. The third-order valence-electron chi connectivity index (χ3n) is 1.57. The summed E-state index contributed by atoms with van der Waals surface area (Å²) in [4.78, 5) is 37.4. The summed E-state index contributed by atoms with van der Waals surface area (Å²) in [6, 6.07) is 0. The molecule has 0 aromatic rings. The van der Waals surface area contributed by atoms with Gasteiger partial charge in [0.1, 0.15) is 0 Å². The van der Waals surface area contributed by atoms with Crippen molar-refractivity contribution in [1.29, 1.82) is 0 Å². The van der Waals surface area contributed by atoms with Gasteiger partial charge in [0, 0.05) is 6.42 Å². The van der Waals surface area contributed by atoms with E-state index in [0.29, 0.717) is 0 Å². The van der Waals surface area contributed by atoms with Crippen molar-refractivity contribution in [3.8, 4) is 0 Å². The number of rotatable bonds is 6. The topological polar surface area (TPSA) is 132 Å². The van der Waals surface area contributed by atoms with Crippen LogP contribution in [0.2, 0.25) is 0 Å². The monoisotopic (exact) mass is 243 g/mol. The molecule has 7 nitrogen and oxygen atoms in total. The van der Waals surface area contributed by atoms with E-state index in [1.165, 1.54) is 0 Å². The van der Waals surface area contributed by atoms with Crippen molar-refractivity contribution in [3.63, 3.8) is 0 Å². The number of halogens is 1. The number of carbonyl (C=O) groups is 2. The van der Waals surface area contributed by atoms with Crippen LogP contribution in [0, 0.1) is 5.92 Å². The lowest BCUT2D eigenvalue weighted by molar-refractivity contribution is -0.146. The molecule has 0 aliphatic carbocycles. The maximum atomic E-state index is 12.6. The summed E-state index contributed by atoms with van der Waals surface area (Å²) >= 11 is 0. The zero-order chi connectivity index (χ0) is 12.2. The molecule has 88 valence electrons. The highest BCUT2D eigenvalue weighted by Gasteiger charge is 2.32. The van der Waals surface area contributed by atoms with Crippen molar-refractivity contribution >= 4 is 19.5 Å². The van der Waals surface area contributed by atoms with Gasteiger partial charge in [-0.2, -0.15) is 0 Å². The number of hydrogen-bond acceptors (Lipinski definition) is 3. The van der Waals surface area contributed by atoms with Gasteiger partial charge in [-0.3, -0.25) is 9.36 Å². The Morgan fingerprint density at radius 3 is 1.93 bits per heavy atom. The van der Waals surface area contributed by atoms with E-state index in [2.05, 4.69) is 0 Å². The number of hydrogen-bond donors (Lipinski definition) is 4. The molecule has 0 spiro atoms. The van der Waals surface area contributed by atoms with Crippen LogP contribution in [-0.4, -0.2) is 44.3 Å². The highest BCUT2D eigenvalue weighted by Crippen LogP contribution is 2.38. The maximum absolute atomic E-state index is 12.6. The van der Waals surface area contributed by atoms with E-state index in [9.17, 15) is 18.5 Å². The molecule has 4 N–H and O–H groups in total. The molecule has 2 atom stereocenters. The first-order valence-electron chi connectivity index (χ1n) is 3.77. The molecule has 15 heavy (non-hydrogen) atoms. The van der Waals surface area contributed by atoms with Crippen molar-refractivity contribution in [2.75, 3.05) is 6.16 Å². The molecule has 0 fully saturated rings. The number of aliphatic carboxylic acids is 2. The lowest BCUT2D eigenvalue weighted by atomic mass is 10.0. The molecule has 0 aromatic carbocycles. The van der Waals surface area contributed by atoms with Gasteiger partial charge in [-0.05, 0) is 0 Å². The minimum atomic E-state index is -4.60. The quantitative estimate of drug-likeness (QED) is 0.470. The van der Waals surface area contributed by atoms with E-state index in [0.717, 1.165) is 0 Å². The molecule has 0 aliphatic rings. The Hall–Kier alpha value is -0.980. The molecule has 0 saturated carbocycles. The Morgan fingerprint density at radius 1 is 1.20 bits per heavy atom. The second-order valence-electron chi connectivity index (χ2n) is 2.92. The van der Waals surface area contributed by atoms with E-state index in [4.69, 9.17) is 20.0 Å². The standard InChI is InChI=1S/C6H10FO7P/c7-4(6(10)11)1-3(5(8)9)2-15(12,13)14/h3-4H,1-2H2,(H,8,9)(H,10,11)(H2,12,13,14)/t3-,4-/m0/s1/i7-1. The average Bonchev–Trinajstić information content (AvgIpc) is 1.99. The highest BCUT2D eigenvalue weighted by atomic mass is 31.2. The van der Waals surface area contributed by atoms with Crippen LogP contribution in [0.15, 0.2) is 0 Å². The highest BCUT2D eigenvalue weighted by molar-refractivity contribution is 7.51. The van der Waals surface area contributed by atoms with Crippen LogP contribution >= 0.6 is 7.60 Å². The molecular weight excluding hydrogens is 233 g/mol. The maximum Gasteiger partial charge on any atom is 0.338 e. The Kier molecular flexibility index (Phi) is 4.86. The van der Waals surface area contributed by atoms with Crippen molar-refractivity contribution in [2.24, 2.45) is 5.92 Å². The molecule has 0 saturated heterocycles. The molecule has 0 aliphatic heterocycles. The lowest BCUT2D eigenvalue weighted by Crippen LogP contribution is -2.26. The lowest BCUT2D eigenvalue weighted by Gasteiger charge is -2.13. The summed E-state index contributed by atoms with van der Waals surface area (Å²) in [5.74, 6) is -5.20. The first-order valence-corrected chi connectivity index (χ1v) is 5.57. The van der Waals surface area contributed by atoms with Gasteiger partial charge in [-0.1, -0.05) is 0 Å². The summed E-state index contributed by atoms with van der Waals surface area (Å²) in [6.45, 7) is 0. The second kappa shape index (κ2) is 5.20. The Labute approximate surface area is 83.7 Å². The van der Waals surface area contributed by atoms with Crippen LogP contribution < -0.4 is 0 Å². The van der Waals surface area contributed by atoms with E-state index in [1.807, 2.05) is 0 Å². The summed E-state index contributed by atoms with van der Waals surface area (Å²) < 4.78 is 23.1. The van der Waals surface area contributed by atoms with Gasteiger partial charge in [-0.25, -0.2) is 9.18 Å². The van der Waals surface area contributed by atoms with Crippen LogP contribution in [0.4, 0.5) is 4.39 Å². The zero-order valence-electron chi connectivity index (χ0n) is 7.41. The molecule has 9 heteroatoms. The van der Waals surface area contributed by atoms with Gasteiger partial charge in [0.05, 0.1) is 12.1 Å². The van der Waals surface area contributed by atoms with Crippen LogP contribution in [0.5, 0.6) is 0 Å². The Balaban J connectivity index is 4.49. The Bertz CT molecular complexity index is 298. The van der Waals surface area contributed by atoms with E-state index >= 15 is 0 Å². The molecule has 0 aromatic heterocycles. The van der Waals surface area contributed by atoms with E-state index in [1.54, 1.807) is 0 Å². The number of carboxylic acids is 2. The van der Waals surface area contributed by atoms with Crippen molar-refractivity contribution in [2.45, 2.75) is 12.6 Å². The summed E-state index contributed by atoms with van der Waals surface area (Å²) in [7, 11) is -4.60. The van der Waals surface area contributed by atoms with Crippen LogP contribution in [0.25, 0.3) is 0 Å². The minimum absolute atomic E-state index is 0.963. The van der Waals surface area contributed by atoms with Crippen molar-refractivity contribution in [1.82, 2.24) is 0 Å². The fourth-order valence-electron chi connectivity index (χ4n) is 0.891. The summed E-state index contributed by atoms with van der Waals surface area (Å²) in [5, 5.41) is 16.6. The number of alkyl halides is 1. The molecule has 0 heterocycles. The number of carboxylic acid groups (broad SMARTS) is 2. The molecule has 0 radical (unpaired) electrons. The molecule has 0 unspecified atom stereocenters. The third kappa shape index (κ3) is 6.16. The average molecular weight is 243 g/mol. The predicted octanol–water partition coefficient (Wildman–Crippen LogP) is -0.322. The molecule has 0 bridgehead atoms. The summed E-state index contributed by atoms with van der Waals surface area (Å²) in [6.07, 6.45) is -4.48. The minimum Gasteiger partial charge on any atom is -0.481 e. The van der Waals surface area contributed by atoms with Gasteiger partial charge in [0.25, 0.3) is 0 Å². The summed E-state index contributed by atoms with van der Waals surface area (Å²) in [5.41, 5.74) is 0. The first kappa shape index (κ1) is 14.0. The normalized spacial score (nSPS) is 15.7. The van der Waals surface area contributed by atoms with Crippen molar-refractivity contribution < 1.29 is 38.5 Å². The van der Waals surface area contributed by atoms with E-state index in [-0.39, 0.29) is 0 Å². The second-order valence-corrected chi connectivity index (χ2v) is 4.62. The smallest absolute Gasteiger partial charge is 0.338 e. The Morgan fingerprint density at radius 2 is 1.67 bits per heavy atom. The van der Waals surface area contributed by atoms with Crippen molar-refractivity contribution in [3.05, 3.63) is 0 Å². The zero-order valence-corrected chi connectivity index (χ0v) is 8.30. The predicted molar refractivity (Wildman–Crippen MR) is 45.2 cm³/mol. The first-order chi connectivity index (χ1) is 6.63. The molecule has 0 amide bonds. The SMILES string of the molecule is O=C(O)[C@@H](C[C@H]([18F])C(=O)O)CP(=O)(O)O. The molecular formula is C6H10FO7P. The van der Waals surface area contributed by atoms with Crippen LogP contribution in [0.3, 0.4) is 0 Å². The fraction of sp³-hybridized carbons (Fsp3) is 0.667. The van der Waals surface area contributed by atoms with Gasteiger partial charge < -0.3 is 20.0 Å². The molecule has 0 rings (SSSR count). The van der Waals surface area contributed by atoms with Gasteiger partial charge in [0.2, 0.25) is 0 Å². The van der Waals surface area contributed by atoms with E-state index < -0.39 is 44.2 Å².